The molecule has 0 aliphatic carbocycles. The zero-order valence-corrected chi connectivity index (χ0v) is 10.00. The molecule has 6 heteroatoms. The number of carbonyl (C=O) groups excluding carboxylic acids is 2. The van der Waals surface area contributed by atoms with Crippen LogP contribution in [0.25, 0.3) is 0 Å². The minimum Gasteiger partial charge on any atom is -0.467 e. The molecule has 1 rings (SSSR count). The first-order valence-electron chi connectivity index (χ1n) is 5.33. The van der Waals surface area contributed by atoms with E-state index in [1.807, 2.05) is 0 Å². The van der Waals surface area contributed by atoms with Crippen molar-refractivity contribution < 1.29 is 23.1 Å². The molecule has 1 N–H and O–H groups in total. The van der Waals surface area contributed by atoms with Crippen LogP contribution in [0.3, 0.4) is 0 Å². The second-order valence-electron chi connectivity index (χ2n) is 3.59. The number of carbonyl (C=O) groups is 2. The highest BCUT2D eigenvalue weighted by Crippen LogP contribution is 2.09. The third-order valence-electron chi connectivity index (χ3n) is 2.38. The van der Waals surface area contributed by atoms with Gasteiger partial charge < -0.3 is 10.1 Å². The van der Waals surface area contributed by atoms with Gasteiger partial charge in [-0.15, -0.1) is 0 Å². The van der Waals surface area contributed by atoms with E-state index in [4.69, 9.17) is 0 Å². The Labute approximate surface area is 103 Å². The Bertz CT molecular complexity index is 463. The zero-order chi connectivity index (χ0) is 13.7. The third-order valence-corrected chi connectivity index (χ3v) is 2.38. The lowest BCUT2D eigenvalue weighted by atomic mass is 10.1. The summed E-state index contributed by atoms with van der Waals surface area (Å²) < 4.78 is 30.1. The summed E-state index contributed by atoms with van der Waals surface area (Å²) in [4.78, 5) is 22.9. The molecule has 1 aromatic carbocycles. The molecule has 0 fully saturated rings. The zero-order valence-electron chi connectivity index (χ0n) is 10.00. The maximum absolute atomic E-state index is 12.9. The van der Waals surface area contributed by atoms with Gasteiger partial charge in [-0.25, -0.2) is 13.6 Å². The lowest BCUT2D eigenvalue weighted by Crippen LogP contribution is -2.41. The normalized spacial score (nSPS) is 11.8. The molecule has 98 valence electrons. The minimum atomic E-state index is -1.12. The van der Waals surface area contributed by atoms with Gasteiger partial charge in [-0.1, -0.05) is 6.92 Å². The molecular formula is C12H13F2NO3. The number of rotatable bonds is 4. The van der Waals surface area contributed by atoms with E-state index in [2.05, 4.69) is 10.1 Å². The first-order valence-corrected chi connectivity index (χ1v) is 5.33. The monoisotopic (exact) mass is 257 g/mol. The van der Waals surface area contributed by atoms with Crippen LogP contribution in [0, 0.1) is 11.6 Å². The molecule has 1 amide bonds. The Balaban J connectivity index is 2.81. The van der Waals surface area contributed by atoms with Crippen LogP contribution in [0.2, 0.25) is 0 Å². The molecule has 0 aliphatic heterocycles. The molecule has 0 radical (unpaired) electrons. The van der Waals surface area contributed by atoms with Crippen molar-refractivity contribution in [2.75, 3.05) is 7.11 Å². The number of benzene rings is 1. The van der Waals surface area contributed by atoms with Crippen molar-refractivity contribution >= 4 is 11.9 Å². The fourth-order valence-electron chi connectivity index (χ4n) is 1.35. The lowest BCUT2D eigenvalue weighted by molar-refractivity contribution is -0.142. The van der Waals surface area contributed by atoms with E-state index in [1.165, 1.54) is 7.11 Å². The second-order valence-corrected chi connectivity index (χ2v) is 3.59. The van der Waals surface area contributed by atoms with Crippen LogP contribution in [0.4, 0.5) is 8.78 Å². The van der Waals surface area contributed by atoms with Crippen molar-refractivity contribution in [3.63, 3.8) is 0 Å². The van der Waals surface area contributed by atoms with Crippen molar-refractivity contribution in [3.8, 4) is 0 Å². The van der Waals surface area contributed by atoms with Crippen LogP contribution in [-0.2, 0) is 9.53 Å². The van der Waals surface area contributed by atoms with Gasteiger partial charge in [-0.2, -0.15) is 0 Å². The maximum Gasteiger partial charge on any atom is 0.328 e. The van der Waals surface area contributed by atoms with E-state index in [0.29, 0.717) is 6.42 Å². The Morgan fingerprint density at radius 3 is 2.50 bits per heavy atom. The molecule has 18 heavy (non-hydrogen) atoms. The summed E-state index contributed by atoms with van der Waals surface area (Å²) in [6, 6.07) is 1.95. The van der Waals surface area contributed by atoms with E-state index in [0.717, 1.165) is 18.2 Å². The number of methoxy groups -OCH3 is 1. The van der Waals surface area contributed by atoms with Crippen LogP contribution >= 0.6 is 0 Å². The van der Waals surface area contributed by atoms with Crippen molar-refractivity contribution in [1.29, 1.82) is 0 Å². The predicted molar refractivity (Wildman–Crippen MR) is 59.9 cm³/mol. The van der Waals surface area contributed by atoms with Gasteiger partial charge >= 0.3 is 5.97 Å². The molecule has 1 aromatic rings. The van der Waals surface area contributed by atoms with E-state index >= 15 is 0 Å². The Hall–Kier alpha value is -1.98. The van der Waals surface area contributed by atoms with Gasteiger partial charge in [0.1, 0.15) is 6.04 Å². The topological polar surface area (TPSA) is 55.4 Å². The molecule has 0 saturated heterocycles. The number of amides is 1. The van der Waals surface area contributed by atoms with Crippen LogP contribution in [0.1, 0.15) is 23.7 Å². The van der Waals surface area contributed by atoms with E-state index in [1.54, 1.807) is 6.92 Å². The molecule has 0 heterocycles. The fraction of sp³-hybridized carbons (Fsp3) is 0.333. The number of ether oxygens (including phenoxy) is 1. The summed E-state index contributed by atoms with van der Waals surface area (Å²) >= 11 is 0. The number of halogens is 2. The molecule has 0 saturated carbocycles. The minimum absolute atomic E-state index is 0.0590. The summed E-state index contributed by atoms with van der Waals surface area (Å²) in [5, 5.41) is 2.38. The van der Waals surface area contributed by atoms with E-state index in [-0.39, 0.29) is 5.56 Å². The van der Waals surface area contributed by atoms with Crippen LogP contribution in [0.5, 0.6) is 0 Å². The fourth-order valence-corrected chi connectivity index (χ4v) is 1.35. The van der Waals surface area contributed by atoms with Gasteiger partial charge in [0.05, 0.1) is 7.11 Å². The molecule has 4 nitrogen and oxygen atoms in total. The standard InChI is InChI=1S/C12H13F2NO3/c1-3-10(12(17)18-2)15-11(16)7-4-5-8(13)9(14)6-7/h4-6,10H,3H2,1-2H3,(H,15,16)/t10-/m1/s1. The highest BCUT2D eigenvalue weighted by molar-refractivity contribution is 5.96. The van der Waals surface area contributed by atoms with Crippen LogP contribution in [0.15, 0.2) is 18.2 Å². The molecule has 0 unspecified atom stereocenters. The van der Waals surface area contributed by atoms with Gasteiger partial charge in [0, 0.05) is 5.56 Å². The first kappa shape index (κ1) is 14.1. The summed E-state index contributed by atoms with van der Waals surface area (Å²) in [5.41, 5.74) is -0.0590. The number of nitrogens with one attached hydrogen (secondary N) is 1. The SMILES string of the molecule is CC[C@@H](NC(=O)c1ccc(F)c(F)c1)C(=O)OC. The summed E-state index contributed by atoms with van der Waals surface area (Å²) in [6.07, 6.45) is 0.335. The van der Waals surface area contributed by atoms with E-state index < -0.39 is 29.6 Å². The van der Waals surface area contributed by atoms with Crippen molar-refractivity contribution in [2.45, 2.75) is 19.4 Å². The van der Waals surface area contributed by atoms with Gasteiger partial charge in [0.2, 0.25) is 0 Å². The highest BCUT2D eigenvalue weighted by atomic mass is 19.2. The quantitative estimate of drug-likeness (QED) is 0.834. The summed E-state index contributed by atoms with van der Waals surface area (Å²) in [7, 11) is 1.20. The average molecular weight is 257 g/mol. The molecule has 0 aromatic heterocycles. The van der Waals surface area contributed by atoms with E-state index in [9.17, 15) is 18.4 Å². The van der Waals surface area contributed by atoms with Gasteiger partial charge in [-0.3, -0.25) is 4.79 Å². The second kappa shape index (κ2) is 6.09. The Morgan fingerprint density at radius 2 is 2.00 bits per heavy atom. The smallest absolute Gasteiger partial charge is 0.328 e. The third kappa shape index (κ3) is 3.26. The van der Waals surface area contributed by atoms with Crippen LogP contribution < -0.4 is 5.32 Å². The number of hydrogen-bond acceptors (Lipinski definition) is 3. The average Bonchev–Trinajstić information content (AvgIpc) is 2.37. The number of hydrogen-bond donors (Lipinski definition) is 1. The predicted octanol–water partition coefficient (Wildman–Crippen LogP) is 1.65. The van der Waals surface area contributed by atoms with Gasteiger partial charge in [0.15, 0.2) is 11.6 Å². The summed E-state index contributed by atoms with van der Waals surface area (Å²) in [6.45, 7) is 1.69. The van der Waals surface area contributed by atoms with Gasteiger partial charge in [-0.05, 0) is 24.6 Å². The molecule has 0 bridgehead atoms. The van der Waals surface area contributed by atoms with Crippen molar-refractivity contribution in [2.24, 2.45) is 0 Å². The van der Waals surface area contributed by atoms with Crippen LogP contribution in [-0.4, -0.2) is 25.0 Å². The van der Waals surface area contributed by atoms with Gasteiger partial charge in [0.25, 0.3) is 5.91 Å². The maximum atomic E-state index is 12.9. The molecule has 1 atom stereocenters. The number of esters is 1. The molecular weight excluding hydrogens is 244 g/mol. The Morgan fingerprint density at radius 1 is 1.33 bits per heavy atom. The Kier molecular flexibility index (Phi) is 4.76. The van der Waals surface area contributed by atoms with Crippen molar-refractivity contribution in [1.82, 2.24) is 5.32 Å². The lowest BCUT2D eigenvalue weighted by Gasteiger charge is -2.14. The summed E-state index contributed by atoms with van der Waals surface area (Å²) in [5.74, 6) is -3.40. The molecule has 0 aliphatic rings. The highest BCUT2D eigenvalue weighted by Gasteiger charge is 2.20. The first-order chi connectivity index (χ1) is 8.49. The molecule has 0 spiro atoms. The van der Waals surface area contributed by atoms with Crippen molar-refractivity contribution in [3.05, 3.63) is 35.4 Å². The largest absolute Gasteiger partial charge is 0.467 e.